The number of hydrogen-bond acceptors (Lipinski definition) is 4. The van der Waals surface area contributed by atoms with Crippen LogP contribution in [0, 0.1) is 0 Å². The van der Waals surface area contributed by atoms with Gasteiger partial charge in [-0.15, -0.1) is 0 Å². The summed E-state index contributed by atoms with van der Waals surface area (Å²) in [4.78, 5) is 20.8. The van der Waals surface area contributed by atoms with Gasteiger partial charge in [-0.1, -0.05) is 0 Å². The van der Waals surface area contributed by atoms with Crippen LogP contribution in [0.3, 0.4) is 0 Å². The quantitative estimate of drug-likeness (QED) is 0.851. The summed E-state index contributed by atoms with van der Waals surface area (Å²) in [6.45, 7) is 6.67. The molecule has 0 aliphatic heterocycles. The van der Waals surface area contributed by atoms with E-state index in [0.29, 0.717) is 11.9 Å². The van der Waals surface area contributed by atoms with E-state index in [1.807, 2.05) is 12.3 Å². The van der Waals surface area contributed by atoms with E-state index >= 15 is 0 Å². The second kappa shape index (κ2) is 6.05. The molecule has 0 unspecified atom stereocenters. The van der Waals surface area contributed by atoms with E-state index in [9.17, 15) is 4.79 Å². The van der Waals surface area contributed by atoms with E-state index in [1.165, 1.54) is 6.92 Å². The number of carbonyl (C=O) groups excluding carboxylic acids is 1. The summed E-state index contributed by atoms with van der Waals surface area (Å²) >= 11 is 0. The van der Waals surface area contributed by atoms with Crippen LogP contribution in [0.5, 0.6) is 5.88 Å². The van der Waals surface area contributed by atoms with Crippen LogP contribution in [0.2, 0.25) is 0 Å². The number of ether oxygens (including phenoxy) is 1. The number of nitrogens with one attached hydrogen (secondary N) is 1. The SMILES string of the molecule is CC(=O)Oc1nccc2[nH]cc(CCN(C)C(C)C)c12. The first kappa shape index (κ1) is 14.5. The Morgan fingerprint density at radius 2 is 2.25 bits per heavy atom. The Bertz CT molecular complexity index is 604. The number of aromatic amines is 1. The fourth-order valence-electron chi connectivity index (χ4n) is 2.08. The number of H-pyrrole nitrogens is 1. The molecule has 0 fully saturated rings. The van der Waals surface area contributed by atoms with Gasteiger partial charge >= 0.3 is 5.97 Å². The second-order valence-corrected chi connectivity index (χ2v) is 5.27. The fourth-order valence-corrected chi connectivity index (χ4v) is 2.08. The summed E-state index contributed by atoms with van der Waals surface area (Å²) in [7, 11) is 2.10. The molecule has 0 aliphatic carbocycles. The lowest BCUT2D eigenvalue weighted by atomic mass is 10.1. The molecule has 0 amide bonds. The molecule has 0 saturated heterocycles. The van der Waals surface area contributed by atoms with Crippen LogP contribution in [-0.4, -0.2) is 40.5 Å². The van der Waals surface area contributed by atoms with E-state index in [0.717, 1.165) is 29.4 Å². The highest BCUT2D eigenvalue weighted by Crippen LogP contribution is 2.27. The van der Waals surface area contributed by atoms with Gasteiger partial charge in [0.05, 0.1) is 10.9 Å². The lowest BCUT2D eigenvalue weighted by molar-refractivity contribution is -0.132. The number of nitrogens with zero attached hydrogens (tertiary/aromatic N) is 2. The zero-order valence-corrected chi connectivity index (χ0v) is 12.4. The third kappa shape index (κ3) is 3.17. The Morgan fingerprint density at radius 3 is 2.90 bits per heavy atom. The average Bonchev–Trinajstić information content (AvgIpc) is 2.79. The first-order chi connectivity index (χ1) is 9.49. The fraction of sp³-hybridized carbons (Fsp3) is 0.467. The minimum absolute atomic E-state index is 0.351. The van der Waals surface area contributed by atoms with Gasteiger partial charge in [0.1, 0.15) is 0 Å². The summed E-state index contributed by atoms with van der Waals surface area (Å²) in [5.41, 5.74) is 2.07. The molecule has 0 aromatic carbocycles. The molecule has 5 nitrogen and oxygen atoms in total. The van der Waals surface area contributed by atoms with Crippen LogP contribution < -0.4 is 4.74 Å². The summed E-state index contributed by atoms with van der Waals surface area (Å²) in [6, 6.07) is 2.39. The number of likely N-dealkylation sites (N-methyl/N-ethyl adjacent to an activating group) is 1. The first-order valence-electron chi connectivity index (χ1n) is 6.82. The van der Waals surface area contributed by atoms with Gasteiger partial charge < -0.3 is 14.6 Å². The molecule has 1 N–H and O–H groups in total. The average molecular weight is 275 g/mol. The normalized spacial score (nSPS) is 11.5. The van der Waals surface area contributed by atoms with E-state index in [2.05, 4.69) is 35.8 Å². The van der Waals surface area contributed by atoms with E-state index in [4.69, 9.17) is 4.74 Å². The molecule has 20 heavy (non-hydrogen) atoms. The number of carbonyl (C=O) groups is 1. The van der Waals surface area contributed by atoms with Crippen molar-refractivity contribution in [2.45, 2.75) is 33.2 Å². The van der Waals surface area contributed by atoms with Crippen LogP contribution in [0.15, 0.2) is 18.5 Å². The molecule has 2 heterocycles. The Hall–Kier alpha value is -1.88. The summed E-state index contributed by atoms with van der Waals surface area (Å²) < 4.78 is 5.20. The molecule has 0 saturated carbocycles. The van der Waals surface area contributed by atoms with Crippen molar-refractivity contribution in [1.82, 2.24) is 14.9 Å². The minimum Gasteiger partial charge on any atom is -0.407 e. The van der Waals surface area contributed by atoms with Crippen molar-refractivity contribution in [1.29, 1.82) is 0 Å². The topological polar surface area (TPSA) is 58.2 Å². The highest BCUT2D eigenvalue weighted by molar-refractivity contribution is 5.89. The maximum Gasteiger partial charge on any atom is 0.309 e. The van der Waals surface area contributed by atoms with Crippen molar-refractivity contribution in [2.24, 2.45) is 0 Å². The monoisotopic (exact) mass is 275 g/mol. The molecular weight excluding hydrogens is 254 g/mol. The number of aromatic nitrogens is 2. The van der Waals surface area contributed by atoms with Crippen molar-refractivity contribution in [3.63, 3.8) is 0 Å². The standard InChI is InChI=1S/C15H21N3O2/c1-10(2)18(4)8-6-12-9-17-13-5-7-16-15(14(12)13)20-11(3)19/h5,7,9-10,17H,6,8H2,1-4H3. The predicted molar refractivity (Wildman–Crippen MR) is 78.9 cm³/mol. The molecule has 0 spiro atoms. The molecular formula is C15H21N3O2. The number of fused-ring (bicyclic) bond motifs is 1. The summed E-state index contributed by atoms with van der Waals surface area (Å²) in [5.74, 6) is 0.0369. The zero-order chi connectivity index (χ0) is 14.7. The van der Waals surface area contributed by atoms with Gasteiger partial charge in [-0.2, -0.15) is 0 Å². The van der Waals surface area contributed by atoms with Crippen molar-refractivity contribution >= 4 is 16.9 Å². The van der Waals surface area contributed by atoms with Crippen LogP contribution in [0.25, 0.3) is 10.9 Å². The summed E-state index contributed by atoms with van der Waals surface area (Å²) in [5, 5.41) is 0.903. The first-order valence-corrected chi connectivity index (χ1v) is 6.82. The Balaban J connectivity index is 2.27. The lowest BCUT2D eigenvalue weighted by Crippen LogP contribution is -2.28. The molecule has 0 aliphatic rings. The Labute approximate surface area is 118 Å². The van der Waals surface area contributed by atoms with Crippen molar-refractivity contribution < 1.29 is 9.53 Å². The number of esters is 1. The molecule has 2 aromatic heterocycles. The van der Waals surface area contributed by atoms with Gasteiger partial charge in [-0.05, 0) is 38.9 Å². The number of pyridine rings is 1. The van der Waals surface area contributed by atoms with Crippen molar-refractivity contribution in [3.8, 4) is 5.88 Å². The van der Waals surface area contributed by atoms with Gasteiger partial charge in [-0.3, -0.25) is 4.79 Å². The lowest BCUT2D eigenvalue weighted by Gasteiger charge is -2.20. The molecule has 0 bridgehead atoms. The highest BCUT2D eigenvalue weighted by Gasteiger charge is 2.13. The number of rotatable bonds is 5. The van der Waals surface area contributed by atoms with E-state index in [-0.39, 0.29) is 5.97 Å². The Kier molecular flexibility index (Phi) is 4.39. The molecule has 0 radical (unpaired) electrons. The Morgan fingerprint density at radius 1 is 1.50 bits per heavy atom. The van der Waals surface area contributed by atoms with Crippen LogP contribution in [0.4, 0.5) is 0 Å². The van der Waals surface area contributed by atoms with Gasteiger partial charge in [0, 0.05) is 31.9 Å². The highest BCUT2D eigenvalue weighted by atomic mass is 16.5. The maximum absolute atomic E-state index is 11.2. The number of hydrogen-bond donors (Lipinski definition) is 1. The van der Waals surface area contributed by atoms with Crippen molar-refractivity contribution in [3.05, 3.63) is 24.0 Å². The van der Waals surface area contributed by atoms with Crippen LogP contribution in [-0.2, 0) is 11.2 Å². The van der Waals surface area contributed by atoms with Gasteiger partial charge in [0.25, 0.3) is 0 Å². The maximum atomic E-state index is 11.2. The van der Waals surface area contributed by atoms with Crippen LogP contribution >= 0.6 is 0 Å². The molecule has 0 atom stereocenters. The largest absolute Gasteiger partial charge is 0.407 e. The smallest absolute Gasteiger partial charge is 0.309 e. The molecule has 2 aromatic rings. The van der Waals surface area contributed by atoms with Gasteiger partial charge in [0.2, 0.25) is 5.88 Å². The van der Waals surface area contributed by atoms with E-state index in [1.54, 1.807) is 6.20 Å². The predicted octanol–water partition coefficient (Wildman–Crippen LogP) is 2.37. The zero-order valence-electron chi connectivity index (χ0n) is 12.4. The van der Waals surface area contributed by atoms with E-state index < -0.39 is 0 Å². The second-order valence-electron chi connectivity index (χ2n) is 5.27. The molecule has 5 heteroatoms. The summed E-state index contributed by atoms with van der Waals surface area (Å²) in [6.07, 6.45) is 4.49. The van der Waals surface area contributed by atoms with Gasteiger partial charge in [-0.25, -0.2) is 4.98 Å². The van der Waals surface area contributed by atoms with Crippen molar-refractivity contribution in [2.75, 3.05) is 13.6 Å². The van der Waals surface area contributed by atoms with Crippen LogP contribution in [0.1, 0.15) is 26.3 Å². The molecule has 2 rings (SSSR count). The third-order valence-electron chi connectivity index (χ3n) is 3.50. The third-order valence-corrected chi connectivity index (χ3v) is 3.50. The molecule has 108 valence electrons. The minimum atomic E-state index is -0.351. The van der Waals surface area contributed by atoms with Gasteiger partial charge in [0.15, 0.2) is 0 Å².